The average Bonchev–Trinajstić information content (AvgIpc) is 2.72. The molecule has 1 aromatic carbocycles. The fourth-order valence-electron chi connectivity index (χ4n) is 2.93. The van der Waals surface area contributed by atoms with E-state index in [1.165, 1.54) is 24.0 Å². The van der Waals surface area contributed by atoms with Crippen molar-refractivity contribution in [2.45, 2.75) is 0 Å². The zero-order chi connectivity index (χ0) is 19.4. The molecule has 0 spiro atoms. The van der Waals surface area contributed by atoms with Crippen molar-refractivity contribution in [1.82, 2.24) is 9.88 Å². The fraction of sp³-hybridized carbons (Fsp3) is 0.263. The van der Waals surface area contributed by atoms with Crippen LogP contribution in [0.25, 0.3) is 0 Å². The van der Waals surface area contributed by atoms with E-state index in [0.29, 0.717) is 30.2 Å². The van der Waals surface area contributed by atoms with E-state index in [-0.39, 0.29) is 29.8 Å². The van der Waals surface area contributed by atoms with E-state index in [2.05, 4.69) is 11.1 Å². The van der Waals surface area contributed by atoms with Gasteiger partial charge in [-0.3, -0.25) is 9.59 Å². The highest BCUT2D eigenvalue weighted by molar-refractivity contribution is 6.03. The highest BCUT2D eigenvalue weighted by Gasteiger charge is 2.31. The predicted octanol–water partition coefficient (Wildman–Crippen LogP) is 1.46. The Morgan fingerprint density at radius 1 is 1.15 bits per heavy atom. The maximum atomic E-state index is 12.8. The van der Waals surface area contributed by atoms with Crippen molar-refractivity contribution in [3.8, 4) is 17.8 Å². The third kappa shape index (κ3) is 3.53. The summed E-state index contributed by atoms with van der Waals surface area (Å²) in [6.45, 7) is 0.544. The van der Waals surface area contributed by atoms with Crippen molar-refractivity contribution in [3.05, 3.63) is 47.5 Å². The maximum absolute atomic E-state index is 12.8. The number of carbonyl (C=O) groups is 2. The van der Waals surface area contributed by atoms with E-state index >= 15 is 0 Å². The number of rotatable bonds is 4. The second-order valence-electron chi connectivity index (χ2n) is 5.81. The van der Waals surface area contributed by atoms with Crippen LogP contribution >= 0.6 is 0 Å². The minimum atomic E-state index is -0.344. The van der Waals surface area contributed by atoms with Gasteiger partial charge < -0.3 is 19.3 Å². The van der Waals surface area contributed by atoms with Gasteiger partial charge in [0.15, 0.2) is 0 Å². The molecule has 2 heterocycles. The monoisotopic (exact) mass is 366 g/mol. The maximum Gasteiger partial charge on any atom is 0.259 e. The number of para-hydroxylation sites is 1. The van der Waals surface area contributed by atoms with Gasteiger partial charge in [0.05, 0.1) is 25.5 Å². The van der Waals surface area contributed by atoms with E-state index in [9.17, 15) is 14.9 Å². The summed E-state index contributed by atoms with van der Waals surface area (Å²) in [4.78, 5) is 32.5. The Hall–Kier alpha value is -3.60. The molecule has 0 radical (unpaired) electrons. The first-order valence-electron chi connectivity index (χ1n) is 8.26. The molecule has 27 heavy (non-hydrogen) atoms. The Bertz CT molecular complexity index is 922. The van der Waals surface area contributed by atoms with Gasteiger partial charge in [0.25, 0.3) is 5.91 Å². The molecule has 1 aliphatic rings. The van der Waals surface area contributed by atoms with Gasteiger partial charge in [-0.2, -0.15) is 10.2 Å². The Morgan fingerprint density at radius 3 is 2.59 bits per heavy atom. The smallest absolute Gasteiger partial charge is 0.259 e. The summed E-state index contributed by atoms with van der Waals surface area (Å²) >= 11 is 0. The van der Waals surface area contributed by atoms with Crippen molar-refractivity contribution in [1.29, 1.82) is 5.26 Å². The molecule has 0 saturated carbocycles. The summed E-state index contributed by atoms with van der Waals surface area (Å²) < 4.78 is 10.2. The van der Waals surface area contributed by atoms with Crippen LogP contribution in [0.4, 0.5) is 5.69 Å². The molecule has 1 aliphatic heterocycles. The second kappa shape index (κ2) is 7.74. The number of ether oxygens (including phenoxy) is 2. The molecule has 2 amide bonds. The third-order valence-electron chi connectivity index (χ3n) is 4.29. The Morgan fingerprint density at radius 2 is 1.93 bits per heavy atom. The van der Waals surface area contributed by atoms with Crippen LogP contribution in [0.2, 0.25) is 0 Å². The largest absolute Gasteiger partial charge is 0.481 e. The summed E-state index contributed by atoms with van der Waals surface area (Å²) in [5.41, 5.74) is 1.24. The average molecular weight is 366 g/mol. The van der Waals surface area contributed by atoms with Crippen LogP contribution in [0, 0.1) is 11.3 Å². The van der Waals surface area contributed by atoms with Gasteiger partial charge in [-0.15, -0.1) is 0 Å². The van der Waals surface area contributed by atoms with E-state index in [1.54, 1.807) is 36.4 Å². The normalized spacial score (nSPS) is 13.9. The van der Waals surface area contributed by atoms with Crippen LogP contribution in [-0.4, -0.2) is 55.6 Å². The topological polar surface area (TPSA) is 95.8 Å². The fourth-order valence-corrected chi connectivity index (χ4v) is 2.93. The molecule has 0 bridgehead atoms. The van der Waals surface area contributed by atoms with Crippen molar-refractivity contribution >= 4 is 17.5 Å². The van der Waals surface area contributed by atoms with Gasteiger partial charge in [-0.05, 0) is 18.2 Å². The van der Waals surface area contributed by atoms with E-state index in [1.807, 2.05) is 0 Å². The van der Waals surface area contributed by atoms with E-state index < -0.39 is 0 Å². The quantitative estimate of drug-likeness (QED) is 0.813. The Kier molecular flexibility index (Phi) is 5.22. The van der Waals surface area contributed by atoms with Crippen molar-refractivity contribution in [2.75, 3.05) is 38.8 Å². The molecule has 8 heteroatoms. The number of methoxy groups -OCH3 is 2. The molecular weight excluding hydrogens is 348 g/mol. The van der Waals surface area contributed by atoms with Gasteiger partial charge in [0.1, 0.15) is 18.2 Å². The zero-order valence-corrected chi connectivity index (χ0v) is 15.0. The second-order valence-corrected chi connectivity index (χ2v) is 5.81. The third-order valence-corrected chi connectivity index (χ3v) is 4.29. The zero-order valence-electron chi connectivity index (χ0n) is 15.0. The number of amides is 2. The lowest BCUT2D eigenvalue weighted by molar-refractivity contribution is -0.120. The van der Waals surface area contributed by atoms with Gasteiger partial charge in [0.2, 0.25) is 17.7 Å². The molecule has 1 fully saturated rings. The summed E-state index contributed by atoms with van der Waals surface area (Å²) in [6, 6.07) is 12.1. The number of aromatic nitrogens is 1. The van der Waals surface area contributed by atoms with E-state index in [0.717, 1.165) is 0 Å². The molecule has 138 valence electrons. The van der Waals surface area contributed by atoms with Crippen LogP contribution in [0.3, 0.4) is 0 Å². The summed E-state index contributed by atoms with van der Waals surface area (Å²) in [7, 11) is 2.89. The lowest BCUT2D eigenvalue weighted by atomic mass is 10.1. The highest BCUT2D eigenvalue weighted by Crippen LogP contribution is 2.25. The Balaban J connectivity index is 1.79. The number of carbonyl (C=O) groups excluding carboxylic acids is 2. The Labute approximate surface area is 156 Å². The number of nitrogens with zero attached hydrogens (tertiary/aromatic N) is 4. The van der Waals surface area contributed by atoms with Crippen LogP contribution < -0.4 is 14.4 Å². The van der Waals surface area contributed by atoms with Gasteiger partial charge in [0, 0.05) is 19.2 Å². The number of benzene rings is 1. The first-order chi connectivity index (χ1) is 13.1. The molecule has 1 aromatic heterocycles. The number of anilines is 1. The van der Waals surface area contributed by atoms with Crippen LogP contribution in [0.1, 0.15) is 15.9 Å². The first-order valence-corrected chi connectivity index (χ1v) is 8.26. The van der Waals surface area contributed by atoms with Gasteiger partial charge >= 0.3 is 0 Å². The number of pyridine rings is 1. The molecule has 3 rings (SSSR count). The summed E-state index contributed by atoms with van der Waals surface area (Å²) in [6.07, 6.45) is 0. The van der Waals surface area contributed by atoms with Crippen LogP contribution in [-0.2, 0) is 4.79 Å². The predicted molar refractivity (Wildman–Crippen MR) is 96.8 cm³/mol. The van der Waals surface area contributed by atoms with E-state index in [4.69, 9.17) is 9.47 Å². The molecule has 0 atom stereocenters. The summed E-state index contributed by atoms with van der Waals surface area (Å²) in [5, 5.41) is 9.24. The number of piperazine rings is 1. The SMILES string of the molecule is COc1ccc(C(=O)N2CCN(c3ccccc3C#N)C(=O)C2)c(OC)n1. The molecule has 8 nitrogen and oxygen atoms in total. The number of hydrogen-bond acceptors (Lipinski definition) is 6. The standard InChI is InChI=1S/C19H18N4O4/c1-26-16-8-7-14(18(21-16)27-2)19(25)22-9-10-23(17(24)12-22)15-6-4-3-5-13(15)11-20/h3-8H,9-10,12H2,1-2H3. The summed E-state index contributed by atoms with van der Waals surface area (Å²) in [5.74, 6) is -0.122. The molecule has 1 saturated heterocycles. The number of hydrogen-bond donors (Lipinski definition) is 0. The molecule has 0 unspecified atom stereocenters. The van der Waals surface area contributed by atoms with Gasteiger partial charge in [-0.25, -0.2) is 0 Å². The lowest BCUT2D eigenvalue weighted by Crippen LogP contribution is -2.52. The highest BCUT2D eigenvalue weighted by atomic mass is 16.5. The minimum absolute atomic E-state index is 0.0895. The van der Waals surface area contributed by atoms with Crippen molar-refractivity contribution in [2.24, 2.45) is 0 Å². The van der Waals surface area contributed by atoms with Crippen LogP contribution in [0.5, 0.6) is 11.8 Å². The van der Waals surface area contributed by atoms with Crippen LogP contribution in [0.15, 0.2) is 36.4 Å². The molecule has 0 N–H and O–H groups in total. The molecule has 2 aromatic rings. The number of nitriles is 1. The molecular formula is C19H18N4O4. The lowest BCUT2D eigenvalue weighted by Gasteiger charge is -2.34. The minimum Gasteiger partial charge on any atom is -0.481 e. The van der Waals surface area contributed by atoms with Gasteiger partial charge in [-0.1, -0.05) is 12.1 Å². The van der Waals surface area contributed by atoms with Crippen molar-refractivity contribution in [3.63, 3.8) is 0 Å². The molecule has 0 aliphatic carbocycles. The first kappa shape index (κ1) is 18.2. The van der Waals surface area contributed by atoms with Crippen molar-refractivity contribution < 1.29 is 19.1 Å².